The number of nitro benzene ring substituents is 1. The fourth-order valence-corrected chi connectivity index (χ4v) is 2.04. The second-order valence-corrected chi connectivity index (χ2v) is 4.93. The van der Waals surface area contributed by atoms with Crippen LogP contribution in [0.2, 0.25) is 0 Å². The first-order valence-electron chi connectivity index (χ1n) is 7.11. The maximum Gasteiger partial charge on any atom is 0.270 e. The van der Waals surface area contributed by atoms with Gasteiger partial charge < -0.3 is 5.32 Å². The minimum absolute atomic E-state index is 0.0596. The van der Waals surface area contributed by atoms with Crippen LogP contribution in [0.5, 0.6) is 0 Å². The molecule has 0 saturated heterocycles. The van der Waals surface area contributed by atoms with Crippen LogP contribution >= 0.6 is 0 Å². The third kappa shape index (κ3) is 4.99. The van der Waals surface area contributed by atoms with Gasteiger partial charge in [0.15, 0.2) is 0 Å². The number of hydrogen-bond donors (Lipinski definition) is 1. The Labute approximate surface area is 119 Å². The molecule has 0 heterocycles. The Morgan fingerprint density at radius 2 is 2.15 bits per heavy atom. The quantitative estimate of drug-likeness (QED) is 0.584. The predicted octanol–water partition coefficient (Wildman–Crippen LogP) is 3.54. The molecule has 0 bridgehead atoms. The number of unbranched alkanes of at least 4 members (excludes halogenated alkanes) is 1. The van der Waals surface area contributed by atoms with Gasteiger partial charge in [-0.15, -0.1) is 0 Å². The number of nitrogens with one attached hydrogen (secondary N) is 1. The maximum absolute atomic E-state index is 12.0. The van der Waals surface area contributed by atoms with Crippen LogP contribution in [0.1, 0.15) is 49.9 Å². The summed E-state index contributed by atoms with van der Waals surface area (Å²) in [5.74, 6) is 0.223. The second-order valence-electron chi connectivity index (χ2n) is 4.93. The number of hydrogen-bond acceptors (Lipinski definition) is 3. The fourth-order valence-electron chi connectivity index (χ4n) is 2.04. The molecule has 0 unspecified atom stereocenters. The molecule has 0 aromatic heterocycles. The number of rotatable bonds is 8. The summed E-state index contributed by atoms with van der Waals surface area (Å²) in [7, 11) is 0. The van der Waals surface area contributed by atoms with Crippen LogP contribution in [0.25, 0.3) is 0 Å². The van der Waals surface area contributed by atoms with Crippen molar-refractivity contribution >= 4 is 11.6 Å². The summed E-state index contributed by atoms with van der Waals surface area (Å²) in [6.45, 7) is 4.88. The first-order valence-corrected chi connectivity index (χ1v) is 7.11. The minimum Gasteiger partial charge on any atom is -0.352 e. The Morgan fingerprint density at radius 3 is 2.75 bits per heavy atom. The highest BCUT2D eigenvalue weighted by atomic mass is 16.6. The molecule has 20 heavy (non-hydrogen) atoms. The molecule has 110 valence electrons. The molecule has 5 nitrogen and oxygen atoms in total. The molecular weight excluding hydrogens is 256 g/mol. The van der Waals surface area contributed by atoms with Crippen molar-refractivity contribution in [3.63, 3.8) is 0 Å². The average molecular weight is 278 g/mol. The third-order valence-electron chi connectivity index (χ3n) is 3.41. The van der Waals surface area contributed by atoms with E-state index in [1.165, 1.54) is 18.2 Å². The second kappa shape index (κ2) is 8.30. The van der Waals surface area contributed by atoms with Crippen molar-refractivity contribution in [3.8, 4) is 0 Å². The van der Waals surface area contributed by atoms with Gasteiger partial charge in [0.05, 0.1) is 4.92 Å². The monoisotopic (exact) mass is 278 g/mol. The molecular formula is C15H22N2O3. The van der Waals surface area contributed by atoms with E-state index in [0.717, 1.165) is 25.7 Å². The summed E-state index contributed by atoms with van der Waals surface area (Å²) < 4.78 is 0. The molecule has 1 atom stereocenters. The van der Waals surface area contributed by atoms with Crippen LogP contribution < -0.4 is 5.32 Å². The third-order valence-corrected chi connectivity index (χ3v) is 3.41. The number of amides is 1. The summed E-state index contributed by atoms with van der Waals surface area (Å²) >= 11 is 0. The van der Waals surface area contributed by atoms with Crippen LogP contribution in [0.4, 0.5) is 5.69 Å². The van der Waals surface area contributed by atoms with Gasteiger partial charge in [-0.1, -0.05) is 39.2 Å². The zero-order valence-corrected chi connectivity index (χ0v) is 12.1. The van der Waals surface area contributed by atoms with E-state index in [-0.39, 0.29) is 11.6 Å². The topological polar surface area (TPSA) is 72.2 Å². The molecule has 0 radical (unpaired) electrons. The lowest BCUT2D eigenvalue weighted by atomic mass is 9.99. The van der Waals surface area contributed by atoms with E-state index in [2.05, 4.69) is 19.2 Å². The minimum atomic E-state index is -0.493. The van der Waals surface area contributed by atoms with Crippen molar-refractivity contribution in [1.82, 2.24) is 5.32 Å². The van der Waals surface area contributed by atoms with Crippen molar-refractivity contribution in [2.45, 2.75) is 39.5 Å². The Bertz CT molecular complexity index is 460. The van der Waals surface area contributed by atoms with Crippen molar-refractivity contribution in [2.24, 2.45) is 5.92 Å². The number of carbonyl (C=O) groups excluding carboxylic acids is 1. The van der Waals surface area contributed by atoms with Crippen LogP contribution in [0, 0.1) is 16.0 Å². The van der Waals surface area contributed by atoms with Gasteiger partial charge in [-0.2, -0.15) is 0 Å². The molecule has 1 N–H and O–H groups in total. The van der Waals surface area contributed by atoms with Gasteiger partial charge in [-0.25, -0.2) is 0 Å². The molecule has 1 aromatic rings. The molecule has 0 aliphatic carbocycles. The Kier molecular flexibility index (Phi) is 6.70. The fraction of sp³-hybridized carbons (Fsp3) is 0.533. The summed E-state index contributed by atoms with van der Waals surface area (Å²) in [6, 6.07) is 5.81. The molecule has 0 fully saturated rings. The Balaban J connectivity index is 2.57. The van der Waals surface area contributed by atoms with Gasteiger partial charge >= 0.3 is 0 Å². The van der Waals surface area contributed by atoms with Gasteiger partial charge in [0.1, 0.15) is 0 Å². The lowest BCUT2D eigenvalue weighted by Gasteiger charge is -2.15. The summed E-state index contributed by atoms with van der Waals surface area (Å²) in [4.78, 5) is 22.2. The van der Waals surface area contributed by atoms with Crippen LogP contribution in [0.3, 0.4) is 0 Å². The summed E-state index contributed by atoms with van der Waals surface area (Å²) in [5.41, 5.74) is 0.278. The van der Waals surface area contributed by atoms with E-state index in [0.29, 0.717) is 18.0 Å². The first-order chi connectivity index (χ1) is 9.58. The number of benzene rings is 1. The largest absolute Gasteiger partial charge is 0.352 e. The molecule has 0 spiro atoms. The molecule has 0 saturated carbocycles. The normalized spacial score (nSPS) is 11.9. The van der Waals surface area contributed by atoms with Crippen molar-refractivity contribution in [3.05, 3.63) is 39.9 Å². The zero-order valence-electron chi connectivity index (χ0n) is 12.1. The van der Waals surface area contributed by atoms with Crippen LogP contribution in [0.15, 0.2) is 24.3 Å². The number of nitrogens with zero attached hydrogens (tertiary/aromatic N) is 1. The van der Waals surface area contributed by atoms with Crippen molar-refractivity contribution in [1.29, 1.82) is 0 Å². The molecule has 0 aliphatic heterocycles. The lowest BCUT2D eigenvalue weighted by Crippen LogP contribution is -2.29. The van der Waals surface area contributed by atoms with Crippen molar-refractivity contribution < 1.29 is 9.72 Å². The Morgan fingerprint density at radius 1 is 1.40 bits per heavy atom. The molecule has 5 heteroatoms. The number of carbonyl (C=O) groups is 1. The van der Waals surface area contributed by atoms with Crippen LogP contribution in [-0.2, 0) is 0 Å². The van der Waals surface area contributed by atoms with Gasteiger partial charge in [0.2, 0.25) is 0 Å². The van der Waals surface area contributed by atoms with Gasteiger partial charge in [0.25, 0.3) is 11.6 Å². The van der Waals surface area contributed by atoms with Crippen LogP contribution in [-0.4, -0.2) is 17.4 Å². The molecule has 1 amide bonds. The highest BCUT2D eigenvalue weighted by molar-refractivity contribution is 5.94. The smallest absolute Gasteiger partial charge is 0.270 e. The van der Waals surface area contributed by atoms with Gasteiger partial charge in [-0.3, -0.25) is 14.9 Å². The highest BCUT2D eigenvalue weighted by Crippen LogP contribution is 2.14. The van der Waals surface area contributed by atoms with E-state index in [4.69, 9.17) is 0 Å². The van der Waals surface area contributed by atoms with E-state index in [9.17, 15) is 14.9 Å². The van der Waals surface area contributed by atoms with E-state index >= 15 is 0 Å². The number of nitro groups is 1. The van der Waals surface area contributed by atoms with Crippen molar-refractivity contribution in [2.75, 3.05) is 6.54 Å². The molecule has 0 aliphatic rings. The summed E-state index contributed by atoms with van der Waals surface area (Å²) in [5, 5.41) is 13.5. The standard InChI is InChI=1S/C15H22N2O3/c1-3-5-7-12(4-2)11-16-15(18)13-8-6-9-14(10-13)17(19)20/h6,8-10,12H,3-5,7,11H2,1-2H3,(H,16,18)/t12-/m1/s1. The van der Waals surface area contributed by atoms with E-state index in [1.807, 2.05) is 0 Å². The highest BCUT2D eigenvalue weighted by Gasteiger charge is 2.13. The lowest BCUT2D eigenvalue weighted by molar-refractivity contribution is -0.384. The maximum atomic E-state index is 12.0. The first kappa shape index (κ1) is 16.1. The SMILES string of the molecule is CCCC[C@@H](CC)CNC(=O)c1cccc([N+](=O)[O-])c1. The molecule has 1 rings (SSSR count). The van der Waals surface area contributed by atoms with Gasteiger partial charge in [-0.05, 0) is 18.4 Å². The zero-order chi connectivity index (χ0) is 15.0. The number of non-ortho nitro benzene ring substituents is 1. The van der Waals surface area contributed by atoms with E-state index in [1.54, 1.807) is 6.07 Å². The molecule has 1 aromatic carbocycles. The summed E-state index contributed by atoms with van der Waals surface area (Å²) in [6.07, 6.45) is 4.43. The Hall–Kier alpha value is -1.91. The predicted molar refractivity (Wildman–Crippen MR) is 78.7 cm³/mol. The average Bonchev–Trinajstić information content (AvgIpc) is 2.47. The van der Waals surface area contributed by atoms with E-state index < -0.39 is 4.92 Å². The van der Waals surface area contributed by atoms with Gasteiger partial charge in [0, 0.05) is 24.2 Å².